The lowest BCUT2D eigenvalue weighted by atomic mass is 9.88. The first-order chi connectivity index (χ1) is 9.73. The Morgan fingerprint density at radius 2 is 2.00 bits per heavy atom. The molecule has 2 heterocycles. The Labute approximate surface area is 125 Å². The highest BCUT2D eigenvalue weighted by molar-refractivity contribution is 7.99. The molecule has 0 radical (unpaired) electrons. The number of nitrogens with one attached hydrogen (secondary N) is 1. The maximum Gasteiger partial charge on any atom is 0.253 e. The Kier molecular flexibility index (Phi) is 4.17. The summed E-state index contributed by atoms with van der Waals surface area (Å²) in [6.45, 7) is 5.56. The highest BCUT2D eigenvalue weighted by Crippen LogP contribution is 2.35. The van der Waals surface area contributed by atoms with E-state index >= 15 is 0 Å². The van der Waals surface area contributed by atoms with Crippen molar-refractivity contribution >= 4 is 23.7 Å². The van der Waals surface area contributed by atoms with Gasteiger partial charge in [-0.15, -0.1) is 0 Å². The van der Waals surface area contributed by atoms with Crippen LogP contribution in [0.1, 0.15) is 44.9 Å². The second kappa shape index (κ2) is 5.90. The SMILES string of the molecule is C=CSN1CCC2(CC1)N=C(C1CCCCC1)NC2=O. The molecule has 4 nitrogen and oxygen atoms in total. The van der Waals surface area contributed by atoms with Gasteiger partial charge in [-0.2, -0.15) is 0 Å². The Hall–Kier alpha value is -0.810. The van der Waals surface area contributed by atoms with E-state index in [2.05, 4.69) is 16.2 Å². The molecular weight excluding hydrogens is 270 g/mol. The minimum Gasteiger partial charge on any atom is -0.312 e. The molecule has 0 atom stereocenters. The average Bonchev–Trinajstić information content (AvgIpc) is 2.80. The summed E-state index contributed by atoms with van der Waals surface area (Å²) >= 11 is 1.64. The van der Waals surface area contributed by atoms with Crippen molar-refractivity contribution in [2.75, 3.05) is 13.1 Å². The molecule has 3 rings (SSSR count). The number of piperidine rings is 1. The molecule has 110 valence electrons. The summed E-state index contributed by atoms with van der Waals surface area (Å²) < 4.78 is 2.26. The lowest BCUT2D eigenvalue weighted by Crippen LogP contribution is -2.47. The summed E-state index contributed by atoms with van der Waals surface area (Å²) in [6.07, 6.45) is 7.91. The van der Waals surface area contributed by atoms with Gasteiger partial charge < -0.3 is 5.32 Å². The van der Waals surface area contributed by atoms with Crippen LogP contribution in [0.25, 0.3) is 0 Å². The van der Waals surface area contributed by atoms with Gasteiger partial charge in [-0.05, 0) is 31.1 Å². The van der Waals surface area contributed by atoms with Crippen LogP contribution in [-0.2, 0) is 4.79 Å². The summed E-state index contributed by atoms with van der Waals surface area (Å²) in [4.78, 5) is 17.3. The Morgan fingerprint density at radius 1 is 1.30 bits per heavy atom. The summed E-state index contributed by atoms with van der Waals surface area (Å²) in [5.74, 6) is 1.62. The van der Waals surface area contributed by atoms with E-state index in [1.807, 2.05) is 5.41 Å². The van der Waals surface area contributed by atoms with Crippen LogP contribution in [-0.4, -0.2) is 34.7 Å². The van der Waals surface area contributed by atoms with E-state index in [0.29, 0.717) is 5.92 Å². The molecule has 1 spiro atoms. The lowest BCUT2D eigenvalue weighted by Gasteiger charge is -2.34. The molecule has 3 aliphatic rings. The van der Waals surface area contributed by atoms with Crippen LogP contribution >= 0.6 is 11.9 Å². The van der Waals surface area contributed by atoms with Crippen molar-refractivity contribution in [2.45, 2.75) is 50.5 Å². The van der Waals surface area contributed by atoms with Crippen molar-refractivity contribution in [3.63, 3.8) is 0 Å². The fourth-order valence-electron chi connectivity index (χ4n) is 3.52. The summed E-state index contributed by atoms with van der Waals surface area (Å²) in [5, 5.41) is 4.95. The molecule has 1 saturated carbocycles. The minimum absolute atomic E-state index is 0.140. The van der Waals surface area contributed by atoms with Crippen LogP contribution in [0.2, 0.25) is 0 Å². The molecular formula is C15H23N3OS. The van der Waals surface area contributed by atoms with E-state index in [4.69, 9.17) is 4.99 Å². The van der Waals surface area contributed by atoms with Crippen molar-refractivity contribution in [1.29, 1.82) is 0 Å². The smallest absolute Gasteiger partial charge is 0.253 e. The lowest BCUT2D eigenvalue weighted by molar-refractivity contribution is -0.124. The zero-order valence-electron chi connectivity index (χ0n) is 11.9. The maximum absolute atomic E-state index is 12.4. The summed E-state index contributed by atoms with van der Waals surface area (Å²) in [7, 11) is 0. The largest absolute Gasteiger partial charge is 0.312 e. The van der Waals surface area contributed by atoms with Crippen molar-refractivity contribution in [1.82, 2.24) is 9.62 Å². The first-order valence-electron chi connectivity index (χ1n) is 7.67. The van der Waals surface area contributed by atoms with E-state index in [0.717, 1.165) is 31.8 Å². The van der Waals surface area contributed by atoms with Gasteiger partial charge in [0, 0.05) is 19.0 Å². The minimum atomic E-state index is -0.467. The first kappa shape index (κ1) is 14.1. The predicted molar refractivity (Wildman–Crippen MR) is 83.5 cm³/mol. The van der Waals surface area contributed by atoms with E-state index in [1.54, 1.807) is 11.9 Å². The molecule has 1 amide bonds. The second-order valence-corrected chi connectivity index (χ2v) is 7.08. The molecule has 0 aromatic carbocycles. The number of amidine groups is 1. The molecule has 0 aromatic rings. The van der Waals surface area contributed by atoms with Crippen molar-refractivity contribution in [3.8, 4) is 0 Å². The fourth-order valence-corrected chi connectivity index (χ4v) is 4.12. The molecule has 2 fully saturated rings. The monoisotopic (exact) mass is 293 g/mol. The number of aliphatic imine (C=N–C) groups is 1. The zero-order valence-corrected chi connectivity index (χ0v) is 12.8. The first-order valence-corrected chi connectivity index (χ1v) is 8.51. The third kappa shape index (κ3) is 2.66. The van der Waals surface area contributed by atoms with E-state index < -0.39 is 5.54 Å². The number of nitrogens with zero attached hydrogens (tertiary/aromatic N) is 2. The topological polar surface area (TPSA) is 44.7 Å². The zero-order chi connectivity index (χ0) is 14.0. The molecule has 1 saturated heterocycles. The third-order valence-corrected chi connectivity index (χ3v) is 5.58. The predicted octanol–water partition coefficient (Wildman–Crippen LogP) is 2.72. The number of rotatable bonds is 3. The molecule has 20 heavy (non-hydrogen) atoms. The van der Waals surface area contributed by atoms with Crippen LogP contribution in [0, 0.1) is 5.92 Å². The summed E-state index contributed by atoms with van der Waals surface area (Å²) in [6, 6.07) is 0. The van der Waals surface area contributed by atoms with Crippen molar-refractivity contribution < 1.29 is 4.79 Å². The van der Waals surface area contributed by atoms with Crippen molar-refractivity contribution in [2.24, 2.45) is 10.9 Å². The maximum atomic E-state index is 12.4. The number of carbonyl (C=O) groups excluding carboxylic acids is 1. The third-order valence-electron chi connectivity index (χ3n) is 4.76. The van der Waals surface area contributed by atoms with Crippen LogP contribution in [0.15, 0.2) is 17.0 Å². The van der Waals surface area contributed by atoms with Crippen LogP contribution in [0.4, 0.5) is 0 Å². The molecule has 1 N–H and O–H groups in total. The Balaban J connectivity index is 1.68. The molecule has 0 unspecified atom stereocenters. The van der Waals surface area contributed by atoms with Gasteiger partial charge in [-0.25, -0.2) is 4.31 Å². The second-order valence-electron chi connectivity index (χ2n) is 6.02. The highest BCUT2D eigenvalue weighted by atomic mass is 32.2. The standard InChI is InChI=1S/C15H23N3OS/c1-2-20-18-10-8-15(9-11-18)14(19)16-13(17-15)12-6-4-3-5-7-12/h2,12H,1,3-11H2,(H,16,17,19). The molecule has 0 aromatic heterocycles. The Bertz CT molecular complexity index is 421. The normalized spacial score (nSPS) is 27.4. The number of hydrogen-bond donors (Lipinski definition) is 1. The van der Waals surface area contributed by atoms with Gasteiger partial charge in [0.15, 0.2) is 0 Å². The number of amides is 1. The number of hydrogen-bond acceptors (Lipinski definition) is 4. The quantitative estimate of drug-likeness (QED) is 0.814. The summed E-state index contributed by atoms with van der Waals surface area (Å²) in [5.41, 5.74) is -0.467. The van der Waals surface area contributed by atoms with Crippen molar-refractivity contribution in [3.05, 3.63) is 12.0 Å². The van der Waals surface area contributed by atoms with Gasteiger partial charge in [-0.1, -0.05) is 37.8 Å². The van der Waals surface area contributed by atoms with Gasteiger partial charge in [0.2, 0.25) is 0 Å². The number of carbonyl (C=O) groups is 1. The Morgan fingerprint density at radius 3 is 2.65 bits per heavy atom. The van der Waals surface area contributed by atoms with E-state index in [1.165, 1.54) is 32.1 Å². The molecule has 0 bridgehead atoms. The van der Waals surface area contributed by atoms with Crippen LogP contribution in [0.5, 0.6) is 0 Å². The fraction of sp³-hybridized carbons (Fsp3) is 0.733. The highest BCUT2D eigenvalue weighted by Gasteiger charge is 2.46. The van der Waals surface area contributed by atoms with Crippen LogP contribution in [0.3, 0.4) is 0 Å². The molecule has 2 aliphatic heterocycles. The average molecular weight is 293 g/mol. The van der Waals surface area contributed by atoms with Crippen LogP contribution < -0.4 is 5.32 Å². The van der Waals surface area contributed by atoms with Gasteiger partial charge in [0.1, 0.15) is 11.4 Å². The van der Waals surface area contributed by atoms with Gasteiger partial charge in [0.25, 0.3) is 5.91 Å². The molecule has 5 heteroatoms. The van der Waals surface area contributed by atoms with E-state index in [9.17, 15) is 4.79 Å². The van der Waals surface area contributed by atoms with Gasteiger partial charge in [0.05, 0.1) is 0 Å². The van der Waals surface area contributed by atoms with Gasteiger partial charge in [-0.3, -0.25) is 9.79 Å². The van der Waals surface area contributed by atoms with Gasteiger partial charge >= 0.3 is 0 Å². The van der Waals surface area contributed by atoms with E-state index in [-0.39, 0.29) is 5.91 Å². The molecule has 1 aliphatic carbocycles.